The first kappa shape index (κ1) is 18.0. The van der Waals surface area contributed by atoms with Gasteiger partial charge in [-0.05, 0) is 24.3 Å². The Balaban J connectivity index is 1.86. The van der Waals surface area contributed by atoms with Crippen LogP contribution in [-0.4, -0.2) is 20.9 Å². The number of nitrogens with two attached hydrogens (primary N) is 1. The van der Waals surface area contributed by atoms with Gasteiger partial charge in [-0.1, -0.05) is 23.2 Å². The van der Waals surface area contributed by atoms with Gasteiger partial charge in [0.25, 0.3) is 5.91 Å². The van der Waals surface area contributed by atoms with E-state index in [0.29, 0.717) is 20.7 Å². The molecule has 0 saturated carbocycles. The van der Waals surface area contributed by atoms with Crippen molar-refractivity contribution in [2.45, 2.75) is 10.8 Å². The quantitative estimate of drug-likeness (QED) is 0.785. The predicted molar refractivity (Wildman–Crippen MR) is 89.5 cm³/mol. The minimum atomic E-state index is -3.72. The molecule has 124 valence electrons. The lowest BCUT2D eigenvalue weighted by Crippen LogP contribution is -2.28. The van der Waals surface area contributed by atoms with Gasteiger partial charge in [0.2, 0.25) is 10.0 Å². The van der Waals surface area contributed by atoms with E-state index in [1.54, 1.807) is 18.2 Å². The van der Waals surface area contributed by atoms with Crippen molar-refractivity contribution in [2.75, 3.05) is 6.61 Å². The fourth-order valence-electron chi connectivity index (χ4n) is 1.57. The molecule has 0 atom stereocenters. The largest absolute Gasteiger partial charge is 0.482 e. The number of hydrogen-bond donors (Lipinski definition) is 2. The summed E-state index contributed by atoms with van der Waals surface area (Å²) in [6.07, 6.45) is 0. The predicted octanol–water partition coefficient (Wildman–Crippen LogP) is 2.40. The third kappa shape index (κ3) is 5.36. The third-order valence-corrected chi connectivity index (χ3v) is 5.70. The zero-order chi connectivity index (χ0) is 17.0. The summed E-state index contributed by atoms with van der Waals surface area (Å²) in [6, 6.07) is 7.66. The van der Waals surface area contributed by atoms with E-state index in [4.69, 9.17) is 33.1 Å². The third-order valence-electron chi connectivity index (χ3n) is 2.63. The number of carbonyl (C=O) groups excluding carboxylic acids is 1. The van der Waals surface area contributed by atoms with Crippen molar-refractivity contribution in [3.8, 4) is 5.75 Å². The number of carbonyl (C=O) groups is 1. The van der Waals surface area contributed by atoms with E-state index >= 15 is 0 Å². The molecule has 1 heterocycles. The van der Waals surface area contributed by atoms with Gasteiger partial charge < -0.3 is 10.1 Å². The Morgan fingerprint density at radius 1 is 1.26 bits per heavy atom. The molecule has 2 rings (SSSR count). The normalized spacial score (nSPS) is 11.3. The molecule has 3 N–H and O–H groups in total. The molecule has 0 aliphatic rings. The molecule has 0 saturated heterocycles. The van der Waals surface area contributed by atoms with Crippen LogP contribution in [0.5, 0.6) is 5.75 Å². The smallest absolute Gasteiger partial charge is 0.258 e. The maximum absolute atomic E-state index is 11.7. The summed E-state index contributed by atoms with van der Waals surface area (Å²) < 4.78 is 27.7. The summed E-state index contributed by atoms with van der Waals surface area (Å²) in [6.45, 7) is -0.0703. The highest BCUT2D eigenvalue weighted by molar-refractivity contribution is 7.91. The monoisotopic (exact) mass is 394 g/mol. The Morgan fingerprint density at radius 2 is 2.00 bits per heavy atom. The van der Waals surface area contributed by atoms with Crippen molar-refractivity contribution in [1.82, 2.24) is 5.32 Å². The van der Waals surface area contributed by atoms with Gasteiger partial charge in [-0.3, -0.25) is 4.79 Å². The van der Waals surface area contributed by atoms with E-state index in [9.17, 15) is 13.2 Å². The standard InChI is InChI=1S/C13H12Cl2N2O4S2/c14-8-1-3-10(15)11(5-8)21-7-12(18)17-6-9-2-4-13(22-9)23(16,19)20/h1-5H,6-7H2,(H,17,18)(H2,16,19,20). The first-order valence-corrected chi connectivity index (χ1v) is 9.33. The molecule has 0 radical (unpaired) electrons. The maximum atomic E-state index is 11.7. The Labute approximate surface area is 147 Å². The molecule has 23 heavy (non-hydrogen) atoms. The molecule has 0 bridgehead atoms. The summed E-state index contributed by atoms with van der Waals surface area (Å²) in [5.41, 5.74) is 0. The van der Waals surface area contributed by atoms with E-state index in [-0.39, 0.29) is 23.3 Å². The van der Waals surface area contributed by atoms with Crippen molar-refractivity contribution in [3.63, 3.8) is 0 Å². The van der Waals surface area contributed by atoms with Crippen LogP contribution in [0.15, 0.2) is 34.5 Å². The van der Waals surface area contributed by atoms with Gasteiger partial charge in [-0.2, -0.15) is 0 Å². The highest BCUT2D eigenvalue weighted by Crippen LogP contribution is 2.27. The average molecular weight is 395 g/mol. The number of hydrogen-bond acceptors (Lipinski definition) is 5. The van der Waals surface area contributed by atoms with Crippen molar-refractivity contribution in [3.05, 3.63) is 45.3 Å². The van der Waals surface area contributed by atoms with Crippen LogP contribution in [-0.2, 0) is 21.4 Å². The first-order valence-electron chi connectivity index (χ1n) is 6.22. The number of thiophene rings is 1. The lowest BCUT2D eigenvalue weighted by molar-refractivity contribution is -0.123. The number of benzene rings is 1. The maximum Gasteiger partial charge on any atom is 0.258 e. The number of halogens is 2. The zero-order valence-electron chi connectivity index (χ0n) is 11.6. The highest BCUT2D eigenvalue weighted by atomic mass is 35.5. The molecule has 0 aliphatic heterocycles. The van der Waals surface area contributed by atoms with E-state index in [1.165, 1.54) is 12.1 Å². The fourth-order valence-corrected chi connectivity index (χ4v) is 3.63. The Hall–Kier alpha value is -1.32. The summed E-state index contributed by atoms with van der Waals surface area (Å²) in [5, 5.41) is 8.41. The molecule has 6 nitrogen and oxygen atoms in total. The SMILES string of the molecule is NS(=O)(=O)c1ccc(CNC(=O)COc2cc(Cl)ccc2Cl)s1. The Bertz CT molecular complexity index is 821. The molecule has 10 heteroatoms. The van der Waals surface area contributed by atoms with Gasteiger partial charge in [0.15, 0.2) is 6.61 Å². The zero-order valence-corrected chi connectivity index (χ0v) is 14.7. The highest BCUT2D eigenvalue weighted by Gasteiger charge is 2.12. The average Bonchev–Trinajstić information content (AvgIpc) is 2.95. The summed E-state index contributed by atoms with van der Waals surface area (Å²) in [4.78, 5) is 12.4. The lowest BCUT2D eigenvalue weighted by Gasteiger charge is -2.08. The Morgan fingerprint density at radius 3 is 2.65 bits per heavy atom. The minimum Gasteiger partial charge on any atom is -0.482 e. The summed E-state index contributed by atoms with van der Waals surface area (Å²) >= 11 is 12.7. The number of rotatable bonds is 6. The molecule has 1 aromatic heterocycles. The Kier molecular flexibility index (Phi) is 5.88. The van der Waals surface area contributed by atoms with Crippen molar-refractivity contribution in [1.29, 1.82) is 0 Å². The van der Waals surface area contributed by atoms with Crippen LogP contribution in [0.25, 0.3) is 0 Å². The van der Waals surface area contributed by atoms with Crippen molar-refractivity contribution in [2.24, 2.45) is 5.14 Å². The molecule has 1 aromatic carbocycles. The second kappa shape index (κ2) is 7.50. The number of ether oxygens (including phenoxy) is 1. The molecule has 0 aliphatic carbocycles. The van der Waals surface area contributed by atoms with E-state index in [2.05, 4.69) is 5.32 Å². The van der Waals surface area contributed by atoms with Crippen molar-refractivity contribution < 1.29 is 17.9 Å². The summed E-state index contributed by atoms with van der Waals surface area (Å²) in [5.74, 6) is -0.0754. The van der Waals surface area contributed by atoms with Gasteiger partial charge in [-0.25, -0.2) is 13.6 Å². The van der Waals surface area contributed by atoms with Gasteiger partial charge in [-0.15, -0.1) is 11.3 Å². The van der Waals surface area contributed by atoms with Crippen molar-refractivity contribution >= 4 is 50.5 Å². The van der Waals surface area contributed by atoms with Gasteiger partial charge >= 0.3 is 0 Å². The van der Waals surface area contributed by atoms with Crippen LogP contribution in [0.4, 0.5) is 0 Å². The van der Waals surface area contributed by atoms with E-state index < -0.39 is 10.0 Å². The second-order valence-electron chi connectivity index (χ2n) is 4.41. The van der Waals surface area contributed by atoms with Crippen LogP contribution in [0.3, 0.4) is 0 Å². The topological polar surface area (TPSA) is 98.5 Å². The fraction of sp³-hybridized carbons (Fsp3) is 0.154. The number of nitrogens with one attached hydrogen (secondary N) is 1. The van der Waals surface area contributed by atoms with Gasteiger partial charge in [0.05, 0.1) is 11.6 Å². The van der Waals surface area contributed by atoms with Crippen LogP contribution < -0.4 is 15.2 Å². The van der Waals surface area contributed by atoms with E-state index in [1.807, 2.05) is 0 Å². The molecule has 1 amide bonds. The number of amides is 1. The van der Waals surface area contributed by atoms with Crippen LogP contribution in [0, 0.1) is 0 Å². The minimum absolute atomic E-state index is 0.0451. The molecule has 2 aromatic rings. The van der Waals surface area contributed by atoms with Crippen LogP contribution >= 0.6 is 34.5 Å². The number of sulfonamides is 1. The summed E-state index contributed by atoms with van der Waals surface area (Å²) in [7, 11) is -3.72. The van der Waals surface area contributed by atoms with E-state index in [0.717, 1.165) is 11.3 Å². The van der Waals surface area contributed by atoms with Gasteiger partial charge in [0, 0.05) is 16.0 Å². The molecular weight excluding hydrogens is 383 g/mol. The molecule has 0 unspecified atom stereocenters. The molecular formula is C13H12Cl2N2O4S2. The van der Waals surface area contributed by atoms with Gasteiger partial charge in [0.1, 0.15) is 9.96 Å². The first-order chi connectivity index (χ1) is 10.8. The number of primary sulfonamides is 1. The molecule has 0 fully saturated rings. The van der Waals surface area contributed by atoms with Crippen LogP contribution in [0.2, 0.25) is 10.0 Å². The molecule has 0 spiro atoms. The second-order valence-corrected chi connectivity index (χ2v) is 8.21. The lowest BCUT2D eigenvalue weighted by atomic mass is 10.3. The van der Waals surface area contributed by atoms with Crippen LogP contribution in [0.1, 0.15) is 4.88 Å².